The quantitative estimate of drug-likeness (QED) is 0.735. The Hall–Kier alpha value is -1.20. The SMILES string of the molecule is C.C=CC(C)=O.Nc1nc2c(s1)CNCC2. The second-order valence-electron chi connectivity index (χ2n) is 3.16. The lowest BCUT2D eigenvalue weighted by Crippen LogP contribution is -2.22. The van der Waals surface area contributed by atoms with Gasteiger partial charge in [-0.1, -0.05) is 14.0 Å². The van der Waals surface area contributed by atoms with Gasteiger partial charge in [0.1, 0.15) is 0 Å². The monoisotopic (exact) mass is 241 g/mol. The molecule has 1 aromatic rings. The number of nitrogens with zero attached hydrogens (tertiary/aromatic N) is 1. The van der Waals surface area contributed by atoms with Crippen molar-refractivity contribution in [3.63, 3.8) is 0 Å². The van der Waals surface area contributed by atoms with Crippen molar-refractivity contribution in [2.75, 3.05) is 12.3 Å². The standard InChI is InChI=1S/C6H9N3S.C4H6O.CH4/c7-6-9-4-1-2-8-3-5(4)10-6;1-3-4(2)5;/h8H,1-3H2,(H2,7,9);3H,1H2,2H3;1H4. The van der Waals surface area contributed by atoms with Gasteiger partial charge >= 0.3 is 0 Å². The Labute approximate surface area is 101 Å². The summed E-state index contributed by atoms with van der Waals surface area (Å²) in [7, 11) is 0. The van der Waals surface area contributed by atoms with Crippen LogP contribution in [-0.2, 0) is 17.8 Å². The molecule has 0 amide bonds. The molecule has 5 heteroatoms. The Balaban J connectivity index is 0.000000330. The molecular weight excluding hydrogens is 222 g/mol. The Morgan fingerprint density at radius 3 is 2.81 bits per heavy atom. The molecule has 0 bridgehead atoms. The van der Waals surface area contributed by atoms with E-state index in [1.807, 2.05) is 0 Å². The molecule has 1 aliphatic heterocycles. The maximum atomic E-state index is 9.69. The smallest absolute Gasteiger partial charge is 0.180 e. The fourth-order valence-electron chi connectivity index (χ4n) is 1.15. The summed E-state index contributed by atoms with van der Waals surface area (Å²) in [6.07, 6.45) is 2.31. The largest absolute Gasteiger partial charge is 0.375 e. The number of carbonyl (C=O) groups excluding carboxylic acids is 1. The number of anilines is 1. The lowest BCUT2D eigenvalue weighted by atomic mass is 10.2. The number of ketones is 1. The molecule has 0 atom stereocenters. The molecule has 0 radical (unpaired) electrons. The van der Waals surface area contributed by atoms with Crippen LogP contribution in [0.2, 0.25) is 0 Å². The minimum Gasteiger partial charge on any atom is -0.375 e. The summed E-state index contributed by atoms with van der Waals surface area (Å²) >= 11 is 1.59. The van der Waals surface area contributed by atoms with Crippen molar-refractivity contribution in [2.24, 2.45) is 0 Å². The minimum atomic E-state index is 0. The molecule has 16 heavy (non-hydrogen) atoms. The normalized spacial score (nSPS) is 12.6. The third kappa shape index (κ3) is 4.55. The van der Waals surface area contributed by atoms with Gasteiger partial charge in [0.2, 0.25) is 0 Å². The van der Waals surface area contributed by atoms with E-state index < -0.39 is 0 Å². The number of hydrogen-bond donors (Lipinski definition) is 2. The first kappa shape index (κ1) is 14.8. The number of nitrogens with two attached hydrogens (primary N) is 1. The van der Waals surface area contributed by atoms with Crippen LogP contribution in [0.5, 0.6) is 0 Å². The van der Waals surface area contributed by atoms with Gasteiger partial charge in [-0.2, -0.15) is 0 Å². The van der Waals surface area contributed by atoms with Crippen molar-refractivity contribution in [1.82, 2.24) is 10.3 Å². The van der Waals surface area contributed by atoms with Crippen LogP contribution in [0, 0.1) is 0 Å². The van der Waals surface area contributed by atoms with Crippen LogP contribution < -0.4 is 11.1 Å². The average molecular weight is 241 g/mol. The van der Waals surface area contributed by atoms with Crippen molar-refractivity contribution in [1.29, 1.82) is 0 Å². The van der Waals surface area contributed by atoms with Crippen LogP contribution in [0.15, 0.2) is 12.7 Å². The van der Waals surface area contributed by atoms with E-state index in [1.54, 1.807) is 11.3 Å². The molecule has 90 valence electrons. The average Bonchev–Trinajstić information content (AvgIpc) is 2.58. The van der Waals surface area contributed by atoms with Gasteiger partial charge in [-0.25, -0.2) is 4.98 Å². The number of hydrogen-bond acceptors (Lipinski definition) is 5. The van der Waals surface area contributed by atoms with E-state index in [0.717, 1.165) is 19.5 Å². The Morgan fingerprint density at radius 2 is 2.31 bits per heavy atom. The number of nitrogen functional groups attached to an aromatic ring is 1. The van der Waals surface area contributed by atoms with E-state index in [1.165, 1.54) is 23.6 Å². The van der Waals surface area contributed by atoms with Crippen molar-refractivity contribution < 1.29 is 4.79 Å². The summed E-state index contributed by atoms with van der Waals surface area (Å²) in [6, 6.07) is 0. The second-order valence-corrected chi connectivity index (χ2v) is 4.28. The van der Waals surface area contributed by atoms with Crippen molar-refractivity contribution in [3.05, 3.63) is 23.2 Å². The fourth-order valence-corrected chi connectivity index (χ4v) is 1.99. The van der Waals surface area contributed by atoms with Gasteiger partial charge in [-0.15, -0.1) is 11.3 Å². The Bertz CT molecular complexity index is 337. The number of fused-ring (bicyclic) bond motifs is 1. The highest BCUT2D eigenvalue weighted by Crippen LogP contribution is 2.22. The summed E-state index contributed by atoms with van der Waals surface area (Å²) in [5.74, 6) is 0.0185. The summed E-state index contributed by atoms with van der Waals surface area (Å²) in [4.78, 5) is 15.2. The highest BCUT2D eigenvalue weighted by Gasteiger charge is 2.12. The zero-order valence-corrected chi connectivity index (χ0v) is 9.56. The third-order valence-electron chi connectivity index (χ3n) is 1.91. The molecule has 0 aromatic carbocycles. The molecular formula is C11H19N3OS. The molecule has 3 N–H and O–H groups in total. The maximum absolute atomic E-state index is 9.69. The first-order chi connectivity index (χ1) is 7.13. The first-order valence-corrected chi connectivity index (χ1v) is 5.53. The predicted molar refractivity (Wildman–Crippen MR) is 69.5 cm³/mol. The van der Waals surface area contributed by atoms with Gasteiger partial charge in [0, 0.05) is 24.4 Å². The number of allylic oxidation sites excluding steroid dienone is 1. The predicted octanol–water partition coefficient (Wildman–Crippen LogP) is 1.77. The lowest BCUT2D eigenvalue weighted by Gasteiger charge is -2.09. The van der Waals surface area contributed by atoms with Crippen molar-refractivity contribution >= 4 is 22.3 Å². The van der Waals surface area contributed by atoms with E-state index in [2.05, 4.69) is 16.9 Å². The summed E-state index contributed by atoms with van der Waals surface area (Å²) in [5.41, 5.74) is 6.73. The van der Waals surface area contributed by atoms with Gasteiger partial charge in [0.15, 0.2) is 10.9 Å². The zero-order chi connectivity index (χ0) is 11.3. The van der Waals surface area contributed by atoms with E-state index in [0.29, 0.717) is 5.13 Å². The molecule has 1 aromatic heterocycles. The molecule has 1 aliphatic rings. The van der Waals surface area contributed by atoms with Gasteiger partial charge < -0.3 is 11.1 Å². The summed E-state index contributed by atoms with van der Waals surface area (Å²) in [5, 5.41) is 3.97. The number of aromatic nitrogens is 1. The van der Waals surface area contributed by atoms with Crippen LogP contribution in [-0.4, -0.2) is 17.3 Å². The number of nitrogens with one attached hydrogen (secondary N) is 1. The van der Waals surface area contributed by atoms with Crippen molar-refractivity contribution in [3.8, 4) is 0 Å². The van der Waals surface area contributed by atoms with E-state index >= 15 is 0 Å². The highest BCUT2D eigenvalue weighted by molar-refractivity contribution is 7.15. The van der Waals surface area contributed by atoms with E-state index in [-0.39, 0.29) is 13.2 Å². The van der Waals surface area contributed by atoms with Gasteiger partial charge in [-0.3, -0.25) is 4.79 Å². The molecule has 0 fully saturated rings. The van der Waals surface area contributed by atoms with E-state index in [4.69, 9.17) is 5.73 Å². The fraction of sp³-hybridized carbons (Fsp3) is 0.455. The Morgan fingerprint density at radius 1 is 1.69 bits per heavy atom. The zero-order valence-electron chi connectivity index (χ0n) is 8.75. The molecule has 2 heterocycles. The first-order valence-electron chi connectivity index (χ1n) is 4.71. The van der Waals surface area contributed by atoms with Crippen LogP contribution in [0.4, 0.5) is 5.13 Å². The number of carbonyl (C=O) groups is 1. The minimum absolute atomic E-state index is 0. The van der Waals surface area contributed by atoms with Gasteiger partial charge in [0.05, 0.1) is 5.69 Å². The van der Waals surface area contributed by atoms with Crippen LogP contribution in [0.1, 0.15) is 24.9 Å². The third-order valence-corrected chi connectivity index (χ3v) is 2.83. The molecule has 0 aliphatic carbocycles. The van der Waals surface area contributed by atoms with Crippen LogP contribution in [0.3, 0.4) is 0 Å². The summed E-state index contributed by atoms with van der Waals surface area (Å²) in [6.45, 7) is 6.66. The van der Waals surface area contributed by atoms with Crippen molar-refractivity contribution in [2.45, 2.75) is 27.3 Å². The topological polar surface area (TPSA) is 68.0 Å². The second kappa shape index (κ2) is 7.14. The highest BCUT2D eigenvalue weighted by atomic mass is 32.1. The van der Waals surface area contributed by atoms with Crippen LogP contribution >= 0.6 is 11.3 Å². The summed E-state index contributed by atoms with van der Waals surface area (Å²) < 4.78 is 0. The Kier molecular flexibility index (Phi) is 6.60. The van der Waals surface area contributed by atoms with E-state index in [9.17, 15) is 4.79 Å². The maximum Gasteiger partial charge on any atom is 0.180 e. The molecule has 0 unspecified atom stereocenters. The number of rotatable bonds is 1. The lowest BCUT2D eigenvalue weighted by molar-refractivity contribution is -0.112. The molecule has 4 nitrogen and oxygen atoms in total. The molecule has 0 saturated carbocycles. The van der Waals surface area contributed by atoms with Crippen LogP contribution in [0.25, 0.3) is 0 Å². The van der Waals surface area contributed by atoms with Gasteiger partial charge in [-0.05, 0) is 13.0 Å². The van der Waals surface area contributed by atoms with Gasteiger partial charge in [0.25, 0.3) is 0 Å². The number of thiazole rings is 1. The molecule has 0 spiro atoms. The molecule has 0 saturated heterocycles. The molecule has 2 rings (SSSR count).